The Bertz CT molecular complexity index is 1400. The molecule has 1 aliphatic heterocycles. The molecule has 194 valence electrons. The first-order chi connectivity index (χ1) is 18.5. The zero-order valence-electron chi connectivity index (χ0n) is 21.2. The Balaban J connectivity index is 1.31. The standard InChI is InChI=1S/C31H31N3O3S/c1-22(35)14-16-32-23(2)26-10-8-25(9-11-26)19-34(17-15-24-6-4-3-5-7-24)31-33-28(20-38-31)27-12-13-29-30(18-27)37-21-36-29/h3-13,18,20,32,35H,1-2,14-17,19,21H2. The number of hydrogen-bond donors (Lipinski definition) is 2. The highest BCUT2D eigenvalue weighted by Crippen LogP contribution is 2.37. The number of hydrogen-bond acceptors (Lipinski definition) is 7. The molecule has 4 aromatic rings. The summed E-state index contributed by atoms with van der Waals surface area (Å²) < 4.78 is 11.0. The van der Waals surface area contributed by atoms with Gasteiger partial charge >= 0.3 is 0 Å². The quantitative estimate of drug-likeness (QED) is 0.198. The zero-order valence-corrected chi connectivity index (χ0v) is 22.0. The summed E-state index contributed by atoms with van der Waals surface area (Å²) in [4.78, 5) is 7.34. The van der Waals surface area contributed by atoms with Crippen LogP contribution >= 0.6 is 11.3 Å². The van der Waals surface area contributed by atoms with Crippen LogP contribution in [0.3, 0.4) is 0 Å². The van der Waals surface area contributed by atoms with Crippen LogP contribution < -0.4 is 19.7 Å². The highest BCUT2D eigenvalue weighted by molar-refractivity contribution is 7.14. The number of ether oxygens (including phenoxy) is 2. The lowest BCUT2D eigenvalue weighted by Gasteiger charge is -2.22. The van der Waals surface area contributed by atoms with Crippen molar-refractivity contribution in [1.82, 2.24) is 10.3 Å². The topological polar surface area (TPSA) is 66.9 Å². The van der Waals surface area contributed by atoms with Crippen LogP contribution in [0.2, 0.25) is 0 Å². The summed E-state index contributed by atoms with van der Waals surface area (Å²) in [5.41, 5.74) is 6.28. The summed E-state index contributed by atoms with van der Waals surface area (Å²) in [5, 5.41) is 15.6. The predicted molar refractivity (Wildman–Crippen MR) is 155 cm³/mol. The summed E-state index contributed by atoms with van der Waals surface area (Å²) in [6.07, 6.45) is 1.42. The van der Waals surface area contributed by atoms with Gasteiger partial charge in [0.05, 0.1) is 11.5 Å². The number of aliphatic hydroxyl groups excluding tert-OH is 1. The van der Waals surface area contributed by atoms with E-state index in [0.717, 1.165) is 58.7 Å². The first kappa shape index (κ1) is 25.4. The Morgan fingerprint density at radius 2 is 1.76 bits per heavy atom. The van der Waals surface area contributed by atoms with Gasteiger partial charge in [-0.1, -0.05) is 67.8 Å². The lowest BCUT2D eigenvalue weighted by molar-refractivity contribution is 0.174. The maximum atomic E-state index is 9.29. The fourth-order valence-electron chi connectivity index (χ4n) is 4.24. The molecule has 6 nitrogen and oxygen atoms in total. The van der Waals surface area contributed by atoms with Crippen molar-refractivity contribution in [2.45, 2.75) is 19.4 Å². The number of thiazole rings is 1. The molecule has 3 aromatic carbocycles. The van der Waals surface area contributed by atoms with Crippen LogP contribution in [0.1, 0.15) is 23.1 Å². The van der Waals surface area contributed by atoms with Gasteiger partial charge in [-0.15, -0.1) is 11.3 Å². The van der Waals surface area contributed by atoms with E-state index in [1.807, 2.05) is 24.3 Å². The smallest absolute Gasteiger partial charge is 0.231 e. The van der Waals surface area contributed by atoms with Crippen molar-refractivity contribution in [2.75, 3.05) is 24.8 Å². The van der Waals surface area contributed by atoms with Crippen molar-refractivity contribution in [2.24, 2.45) is 0 Å². The molecule has 2 N–H and O–H groups in total. The average Bonchev–Trinajstić information content (AvgIpc) is 3.61. The fraction of sp³-hybridized carbons (Fsp3) is 0.194. The van der Waals surface area contributed by atoms with E-state index in [0.29, 0.717) is 13.0 Å². The van der Waals surface area contributed by atoms with E-state index >= 15 is 0 Å². The molecule has 2 heterocycles. The van der Waals surface area contributed by atoms with Gasteiger partial charge in [0, 0.05) is 42.7 Å². The fourth-order valence-corrected chi connectivity index (χ4v) is 5.10. The Morgan fingerprint density at radius 3 is 2.55 bits per heavy atom. The largest absolute Gasteiger partial charge is 0.513 e. The van der Waals surface area contributed by atoms with Crippen LogP contribution in [0.4, 0.5) is 5.13 Å². The Hall–Kier alpha value is -4.23. The molecule has 38 heavy (non-hydrogen) atoms. The number of aromatic nitrogens is 1. The number of benzene rings is 3. The third kappa shape index (κ3) is 6.36. The average molecular weight is 526 g/mol. The Kier molecular flexibility index (Phi) is 7.95. The molecule has 7 heteroatoms. The van der Waals surface area contributed by atoms with E-state index in [-0.39, 0.29) is 12.6 Å². The minimum Gasteiger partial charge on any atom is -0.513 e. The predicted octanol–water partition coefficient (Wildman–Crippen LogP) is 6.81. The SMILES string of the molecule is C=C(O)CCNC(=C)c1ccc(CN(CCc2ccccc2)c2nc(-c3ccc4c(c3)OCO4)cs2)cc1. The maximum absolute atomic E-state index is 9.29. The van der Waals surface area contributed by atoms with E-state index in [1.54, 1.807) is 11.3 Å². The Labute approximate surface area is 227 Å². The van der Waals surface area contributed by atoms with Gasteiger partial charge in [-0.05, 0) is 41.3 Å². The number of aliphatic hydroxyl groups is 1. The van der Waals surface area contributed by atoms with E-state index in [4.69, 9.17) is 14.5 Å². The number of fused-ring (bicyclic) bond motifs is 1. The van der Waals surface area contributed by atoms with Gasteiger partial charge in [-0.25, -0.2) is 4.98 Å². The second kappa shape index (κ2) is 11.9. The molecule has 0 fully saturated rings. The van der Waals surface area contributed by atoms with Crippen molar-refractivity contribution < 1.29 is 14.6 Å². The van der Waals surface area contributed by atoms with Gasteiger partial charge in [-0.3, -0.25) is 0 Å². The molecule has 0 radical (unpaired) electrons. The highest BCUT2D eigenvalue weighted by Gasteiger charge is 2.17. The molecule has 0 aliphatic carbocycles. The van der Waals surface area contributed by atoms with Crippen molar-refractivity contribution in [3.63, 3.8) is 0 Å². The summed E-state index contributed by atoms with van der Waals surface area (Å²) in [5.74, 6) is 1.70. The molecule has 5 rings (SSSR count). The van der Waals surface area contributed by atoms with E-state index in [9.17, 15) is 5.11 Å². The van der Waals surface area contributed by atoms with Crippen molar-refractivity contribution in [3.05, 3.63) is 114 Å². The first-order valence-corrected chi connectivity index (χ1v) is 13.5. The van der Waals surface area contributed by atoms with Crippen LogP contribution in [0.15, 0.2) is 97.1 Å². The number of nitrogens with zero attached hydrogens (tertiary/aromatic N) is 2. The second-order valence-corrected chi connectivity index (χ2v) is 10.00. The van der Waals surface area contributed by atoms with E-state index < -0.39 is 0 Å². The van der Waals surface area contributed by atoms with Crippen LogP contribution in [0.5, 0.6) is 11.5 Å². The summed E-state index contributed by atoms with van der Waals surface area (Å²) in [6.45, 7) is 10.1. The van der Waals surface area contributed by atoms with E-state index in [1.165, 1.54) is 11.1 Å². The Morgan fingerprint density at radius 1 is 0.974 bits per heavy atom. The summed E-state index contributed by atoms with van der Waals surface area (Å²) in [6, 6.07) is 24.9. The molecule has 1 aliphatic rings. The van der Waals surface area contributed by atoms with Crippen molar-refractivity contribution in [1.29, 1.82) is 0 Å². The molecule has 1 aromatic heterocycles. The second-order valence-electron chi connectivity index (χ2n) is 9.16. The van der Waals surface area contributed by atoms with Gasteiger partial charge in [0.15, 0.2) is 16.6 Å². The van der Waals surface area contributed by atoms with Crippen LogP contribution in [0, 0.1) is 0 Å². The molecule has 0 amide bonds. The lowest BCUT2D eigenvalue weighted by atomic mass is 10.1. The maximum Gasteiger partial charge on any atom is 0.231 e. The third-order valence-electron chi connectivity index (χ3n) is 6.37. The summed E-state index contributed by atoms with van der Waals surface area (Å²) in [7, 11) is 0. The molecule has 0 unspecified atom stereocenters. The molecule has 0 saturated carbocycles. The number of anilines is 1. The molecule has 0 bridgehead atoms. The summed E-state index contributed by atoms with van der Waals surface area (Å²) >= 11 is 1.65. The third-order valence-corrected chi connectivity index (χ3v) is 7.27. The normalized spacial score (nSPS) is 11.8. The highest BCUT2D eigenvalue weighted by atomic mass is 32.1. The van der Waals surface area contributed by atoms with Gasteiger partial charge in [-0.2, -0.15) is 0 Å². The molecule has 0 atom stereocenters. The van der Waals surface area contributed by atoms with Gasteiger partial charge in [0.2, 0.25) is 6.79 Å². The van der Waals surface area contributed by atoms with Crippen molar-refractivity contribution >= 4 is 22.2 Å². The van der Waals surface area contributed by atoms with Gasteiger partial charge < -0.3 is 24.8 Å². The molecular formula is C31H31N3O3S. The zero-order chi connectivity index (χ0) is 26.3. The molecule has 0 spiro atoms. The van der Waals surface area contributed by atoms with Gasteiger partial charge in [0.1, 0.15) is 0 Å². The lowest BCUT2D eigenvalue weighted by Crippen LogP contribution is -2.25. The van der Waals surface area contributed by atoms with Crippen LogP contribution in [-0.2, 0) is 13.0 Å². The number of nitrogens with one attached hydrogen (secondary N) is 1. The van der Waals surface area contributed by atoms with E-state index in [2.05, 4.69) is 77.3 Å². The monoisotopic (exact) mass is 525 g/mol. The molecular weight excluding hydrogens is 494 g/mol. The van der Waals surface area contributed by atoms with Crippen molar-refractivity contribution in [3.8, 4) is 22.8 Å². The van der Waals surface area contributed by atoms with Crippen LogP contribution in [-0.4, -0.2) is 30.0 Å². The minimum atomic E-state index is 0.167. The van der Waals surface area contributed by atoms with Crippen LogP contribution in [0.25, 0.3) is 17.0 Å². The molecule has 0 saturated heterocycles. The van der Waals surface area contributed by atoms with Gasteiger partial charge in [0.25, 0.3) is 0 Å². The first-order valence-electron chi connectivity index (χ1n) is 12.6. The number of rotatable bonds is 12. The minimum absolute atomic E-state index is 0.167.